The van der Waals surface area contributed by atoms with E-state index in [9.17, 15) is 8.78 Å². The lowest BCUT2D eigenvalue weighted by Crippen LogP contribution is -2.48. The predicted molar refractivity (Wildman–Crippen MR) is 56.4 cm³/mol. The van der Waals surface area contributed by atoms with Crippen molar-refractivity contribution in [2.75, 3.05) is 25.0 Å². The van der Waals surface area contributed by atoms with Crippen molar-refractivity contribution in [3.8, 4) is 0 Å². The Morgan fingerprint density at radius 2 is 2.44 bits per heavy atom. The number of aromatic nitrogens is 2. The third kappa shape index (κ3) is 2.63. The summed E-state index contributed by atoms with van der Waals surface area (Å²) in [6.45, 7) is 0.653. The Balaban J connectivity index is 1.90. The summed E-state index contributed by atoms with van der Waals surface area (Å²) in [6, 6.07) is 1.67. The smallest absolute Gasteiger partial charge is 0.264 e. The molecular formula is C10H14F2N4. The Labute approximate surface area is 92.5 Å². The SMILES string of the molecule is FC1(F)CNCC[C@@H]1CNc1ccncn1. The molecule has 16 heavy (non-hydrogen) atoms. The lowest BCUT2D eigenvalue weighted by molar-refractivity contribution is -0.0678. The summed E-state index contributed by atoms with van der Waals surface area (Å²) in [4.78, 5) is 7.69. The van der Waals surface area contributed by atoms with Crippen LogP contribution in [0.1, 0.15) is 6.42 Å². The van der Waals surface area contributed by atoms with Gasteiger partial charge in [0.1, 0.15) is 12.1 Å². The number of rotatable bonds is 3. The molecule has 1 fully saturated rings. The highest BCUT2D eigenvalue weighted by Crippen LogP contribution is 2.29. The molecule has 1 saturated heterocycles. The van der Waals surface area contributed by atoms with Gasteiger partial charge in [0, 0.05) is 18.7 Å². The van der Waals surface area contributed by atoms with Gasteiger partial charge in [-0.1, -0.05) is 0 Å². The minimum absolute atomic E-state index is 0.233. The van der Waals surface area contributed by atoms with E-state index >= 15 is 0 Å². The lowest BCUT2D eigenvalue weighted by atomic mass is 9.94. The number of piperidine rings is 1. The van der Waals surface area contributed by atoms with E-state index in [1.54, 1.807) is 12.3 Å². The minimum atomic E-state index is -2.64. The Hall–Kier alpha value is -1.30. The standard InChI is InChI=1S/C10H14F2N4/c11-10(12)6-13-3-1-8(10)5-15-9-2-4-14-7-16-9/h2,4,7-8,13H,1,3,5-6H2,(H,14,15,16)/t8-/m1/s1. The zero-order valence-corrected chi connectivity index (χ0v) is 8.79. The summed E-state index contributed by atoms with van der Waals surface area (Å²) in [5, 5.41) is 5.61. The molecule has 2 heterocycles. The quantitative estimate of drug-likeness (QED) is 0.814. The van der Waals surface area contributed by atoms with E-state index in [0.29, 0.717) is 18.8 Å². The number of alkyl halides is 2. The van der Waals surface area contributed by atoms with Crippen LogP contribution in [-0.2, 0) is 0 Å². The fraction of sp³-hybridized carbons (Fsp3) is 0.600. The predicted octanol–water partition coefficient (Wildman–Crippen LogP) is 1.13. The first-order chi connectivity index (χ1) is 7.68. The van der Waals surface area contributed by atoms with E-state index < -0.39 is 11.8 Å². The Kier molecular flexibility index (Phi) is 3.28. The molecule has 4 nitrogen and oxygen atoms in total. The van der Waals surface area contributed by atoms with Crippen LogP contribution in [0.3, 0.4) is 0 Å². The highest BCUT2D eigenvalue weighted by molar-refractivity contribution is 5.31. The first-order valence-corrected chi connectivity index (χ1v) is 5.27. The van der Waals surface area contributed by atoms with Gasteiger partial charge in [-0.25, -0.2) is 18.7 Å². The van der Waals surface area contributed by atoms with Gasteiger partial charge in [0.05, 0.1) is 6.54 Å². The topological polar surface area (TPSA) is 49.8 Å². The number of hydrogen-bond donors (Lipinski definition) is 2. The van der Waals surface area contributed by atoms with Crippen LogP contribution >= 0.6 is 0 Å². The van der Waals surface area contributed by atoms with Crippen molar-refractivity contribution in [1.29, 1.82) is 0 Å². The van der Waals surface area contributed by atoms with Gasteiger partial charge in [-0.05, 0) is 19.0 Å². The van der Waals surface area contributed by atoms with Gasteiger partial charge in [0.25, 0.3) is 5.92 Å². The normalized spacial score (nSPS) is 24.0. The van der Waals surface area contributed by atoms with Crippen LogP contribution < -0.4 is 10.6 Å². The fourth-order valence-corrected chi connectivity index (χ4v) is 1.76. The highest BCUT2D eigenvalue weighted by atomic mass is 19.3. The van der Waals surface area contributed by atoms with Gasteiger partial charge in [-0.3, -0.25) is 0 Å². The molecule has 0 aliphatic carbocycles. The van der Waals surface area contributed by atoms with E-state index in [2.05, 4.69) is 20.6 Å². The van der Waals surface area contributed by atoms with Crippen LogP contribution in [0.15, 0.2) is 18.6 Å². The number of nitrogens with one attached hydrogen (secondary N) is 2. The molecule has 1 atom stereocenters. The molecule has 0 spiro atoms. The molecule has 1 aliphatic heterocycles. The fourth-order valence-electron chi connectivity index (χ4n) is 1.76. The summed E-state index contributed by atoms with van der Waals surface area (Å²) in [6.07, 6.45) is 3.45. The number of nitrogens with zero attached hydrogens (tertiary/aromatic N) is 2. The molecular weight excluding hydrogens is 214 g/mol. The second-order valence-electron chi connectivity index (χ2n) is 3.90. The van der Waals surface area contributed by atoms with E-state index in [4.69, 9.17) is 0 Å². The van der Waals surface area contributed by atoms with Gasteiger partial charge in [0.2, 0.25) is 0 Å². The van der Waals surface area contributed by atoms with Crippen LogP contribution in [0.4, 0.5) is 14.6 Å². The van der Waals surface area contributed by atoms with E-state index in [1.807, 2.05) is 0 Å². The first kappa shape index (κ1) is 11.2. The van der Waals surface area contributed by atoms with Crippen LogP contribution in [-0.4, -0.2) is 35.5 Å². The summed E-state index contributed by atoms with van der Waals surface area (Å²) >= 11 is 0. The van der Waals surface area contributed by atoms with Crippen LogP contribution in [0.2, 0.25) is 0 Å². The molecule has 0 amide bonds. The minimum Gasteiger partial charge on any atom is -0.369 e. The number of hydrogen-bond acceptors (Lipinski definition) is 4. The van der Waals surface area contributed by atoms with Crippen molar-refractivity contribution < 1.29 is 8.78 Å². The molecule has 0 unspecified atom stereocenters. The summed E-state index contributed by atoms with van der Waals surface area (Å²) in [7, 11) is 0. The second-order valence-corrected chi connectivity index (χ2v) is 3.90. The average molecular weight is 228 g/mol. The molecule has 0 aromatic carbocycles. The highest BCUT2D eigenvalue weighted by Gasteiger charge is 2.41. The summed E-state index contributed by atoms with van der Waals surface area (Å²) < 4.78 is 26.9. The number of anilines is 1. The molecule has 0 saturated carbocycles. The molecule has 6 heteroatoms. The van der Waals surface area contributed by atoms with Crippen molar-refractivity contribution in [2.24, 2.45) is 5.92 Å². The van der Waals surface area contributed by atoms with Crippen molar-refractivity contribution in [1.82, 2.24) is 15.3 Å². The monoisotopic (exact) mass is 228 g/mol. The zero-order valence-electron chi connectivity index (χ0n) is 8.79. The first-order valence-electron chi connectivity index (χ1n) is 5.27. The van der Waals surface area contributed by atoms with Crippen molar-refractivity contribution in [3.05, 3.63) is 18.6 Å². The molecule has 88 valence electrons. The van der Waals surface area contributed by atoms with Gasteiger partial charge in [0.15, 0.2) is 0 Å². The van der Waals surface area contributed by atoms with E-state index in [1.165, 1.54) is 6.33 Å². The number of halogens is 2. The van der Waals surface area contributed by atoms with Gasteiger partial charge in [-0.2, -0.15) is 0 Å². The maximum Gasteiger partial charge on any atom is 0.264 e. The van der Waals surface area contributed by atoms with E-state index in [0.717, 1.165) is 0 Å². The van der Waals surface area contributed by atoms with Crippen LogP contribution in [0.5, 0.6) is 0 Å². The third-order valence-corrected chi connectivity index (χ3v) is 2.74. The lowest BCUT2D eigenvalue weighted by Gasteiger charge is -2.31. The van der Waals surface area contributed by atoms with Crippen molar-refractivity contribution >= 4 is 5.82 Å². The van der Waals surface area contributed by atoms with Crippen LogP contribution in [0.25, 0.3) is 0 Å². The van der Waals surface area contributed by atoms with Gasteiger partial charge >= 0.3 is 0 Å². The average Bonchev–Trinajstić information content (AvgIpc) is 2.28. The molecule has 1 aliphatic rings. The van der Waals surface area contributed by atoms with Gasteiger partial charge in [-0.15, -0.1) is 0 Å². The molecule has 1 aromatic rings. The maximum atomic E-state index is 13.4. The molecule has 2 rings (SSSR count). The van der Waals surface area contributed by atoms with Gasteiger partial charge < -0.3 is 10.6 Å². The Morgan fingerprint density at radius 1 is 1.56 bits per heavy atom. The molecule has 0 radical (unpaired) electrons. The Bertz CT molecular complexity index is 331. The Morgan fingerprint density at radius 3 is 3.12 bits per heavy atom. The second kappa shape index (κ2) is 4.69. The van der Waals surface area contributed by atoms with Crippen molar-refractivity contribution in [2.45, 2.75) is 12.3 Å². The summed E-state index contributed by atoms with van der Waals surface area (Å²) in [5.41, 5.74) is 0. The summed E-state index contributed by atoms with van der Waals surface area (Å²) in [5.74, 6) is -2.69. The van der Waals surface area contributed by atoms with Crippen molar-refractivity contribution in [3.63, 3.8) is 0 Å². The molecule has 1 aromatic heterocycles. The third-order valence-electron chi connectivity index (χ3n) is 2.74. The maximum absolute atomic E-state index is 13.4. The van der Waals surface area contributed by atoms with E-state index in [-0.39, 0.29) is 13.1 Å². The van der Waals surface area contributed by atoms with Crippen LogP contribution in [0, 0.1) is 5.92 Å². The molecule has 0 bridgehead atoms. The molecule has 2 N–H and O–H groups in total. The largest absolute Gasteiger partial charge is 0.369 e. The zero-order chi connectivity index (χ0) is 11.4.